The van der Waals surface area contributed by atoms with Gasteiger partial charge in [-0.05, 0) is 49.4 Å². The molecule has 20 heavy (non-hydrogen) atoms. The van der Waals surface area contributed by atoms with Crippen molar-refractivity contribution in [2.24, 2.45) is 5.92 Å². The first-order valence-corrected chi connectivity index (χ1v) is 7.70. The van der Waals surface area contributed by atoms with E-state index in [2.05, 4.69) is 26.9 Å². The number of hydrogen-bond acceptors (Lipinski definition) is 3. The molecule has 0 spiro atoms. The smallest absolute Gasteiger partial charge is 0.222 e. The number of aromatic nitrogens is 1. The largest absolute Gasteiger partial charge is 0.342 e. The molecule has 3 heterocycles. The fraction of sp³-hybridized carbons (Fsp3) is 0.625. The van der Waals surface area contributed by atoms with E-state index >= 15 is 0 Å². The first-order valence-electron chi connectivity index (χ1n) is 7.70. The number of nitrogens with zero attached hydrogens (tertiary/aromatic N) is 3. The Morgan fingerprint density at radius 2 is 2.05 bits per heavy atom. The molecule has 0 aromatic carbocycles. The molecule has 0 saturated carbocycles. The summed E-state index contributed by atoms with van der Waals surface area (Å²) in [5.41, 5.74) is 1.33. The van der Waals surface area contributed by atoms with Crippen molar-refractivity contribution in [2.45, 2.75) is 32.2 Å². The van der Waals surface area contributed by atoms with Gasteiger partial charge >= 0.3 is 0 Å². The number of likely N-dealkylation sites (tertiary alicyclic amines) is 2. The Kier molecular flexibility index (Phi) is 4.31. The van der Waals surface area contributed by atoms with E-state index in [1.807, 2.05) is 12.4 Å². The Balaban J connectivity index is 1.52. The molecule has 1 aromatic heterocycles. The van der Waals surface area contributed by atoms with Crippen LogP contribution in [0, 0.1) is 5.92 Å². The number of carbonyl (C=O) groups is 1. The highest BCUT2D eigenvalue weighted by Crippen LogP contribution is 2.21. The molecule has 1 amide bonds. The van der Waals surface area contributed by atoms with Gasteiger partial charge in [0.15, 0.2) is 0 Å². The molecule has 2 saturated heterocycles. The Morgan fingerprint density at radius 3 is 2.80 bits per heavy atom. The molecule has 4 nitrogen and oxygen atoms in total. The van der Waals surface area contributed by atoms with Gasteiger partial charge in [-0.15, -0.1) is 0 Å². The Hall–Kier alpha value is -1.42. The topological polar surface area (TPSA) is 36.4 Å². The van der Waals surface area contributed by atoms with E-state index in [0.29, 0.717) is 11.8 Å². The van der Waals surface area contributed by atoms with E-state index < -0.39 is 0 Å². The zero-order chi connectivity index (χ0) is 13.8. The first-order chi connectivity index (χ1) is 9.81. The molecule has 4 heteroatoms. The minimum Gasteiger partial charge on any atom is -0.342 e. The van der Waals surface area contributed by atoms with E-state index in [0.717, 1.165) is 39.0 Å². The Bertz CT molecular complexity index is 448. The predicted octanol–water partition coefficient (Wildman–Crippen LogP) is 1.92. The maximum absolute atomic E-state index is 11.7. The molecule has 0 bridgehead atoms. The molecular formula is C16H23N3O. The van der Waals surface area contributed by atoms with Gasteiger partial charge in [0.2, 0.25) is 5.91 Å². The summed E-state index contributed by atoms with van der Waals surface area (Å²) in [6.07, 6.45) is 8.04. The maximum Gasteiger partial charge on any atom is 0.222 e. The number of amides is 1. The van der Waals surface area contributed by atoms with Gasteiger partial charge in [0.05, 0.1) is 0 Å². The molecular weight excluding hydrogens is 250 g/mol. The van der Waals surface area contributed by atoms with E-state index in [4.69, 9.17) is 0 Å². The number of hydrogen-bond donors (Lipinski definition) is 0. The van der Waals surface area contributed by atoms with Crippen molar-refractivity contribution in [3.05, 3.63) is 30.1 Å². The lowest BCUT2D eigenvalue weighted by atomic mass is 9.97. The second-order valence-corrected chi connectivity index (χ2v) is 6.04. The van der Waals surface area contributed by atoms with Crippen LogP contribution in [0.15, 0.2) is 24.5 Å². The fourth-order valence-electron chi connectivity index (χ4n) is 3.40. The van der Waals surface area contributed by atoms with Crippen LogP contribution in [0.3, 0.4) is 0 Å². The second kappa shape index (κ2) is 6.35. The second-order valence-electron chi connectivity index (χ2n) is 6.04. The molecule has 1 atom stereocenters. The summed E-state index contributed by atoms with van der Waals surface area (Å²) in [5.74, 6) is 1.00. The van der Waals surface area contributed by atoms with Crippen molar-refractivity contribution < 1.29 is 4.79 Å². The van der Waals surface area contributed by atoms with Gasteiger partial charge in [0.25, 0.3) is 0 Å². The van der Waals surface area contributed by atoms with Crippen LogP contribution >= 0.6 is 0 Å². The van der Waals surface area contributed by atoms with Gasteiger partial charge in [-0.3, -0.25) is 14.7 Å². The average Bonchev–Trinajstić information content (AvgIpc) is 2.86. The average molecular weight is 273 g/mol. The van der Waals surface area contributed by atoms with Crippen LogP contribution in [-0.4, -0.2) is 46.9 Å². The normalized spacial score (nSPS) is 24.3. The summed E-state index contributed by atoms with van der Waals surface area (Å²) in [5, 5.41) is 0. The molecule has 108 valence electrons. The van der Waals surface area contributed by atoms with Crippen LogP contribution in [0.2, 0.25) is 0 Å². The molecule has 3 rings (SSSR count). The molecule has 0 unspecified atom stereocenters. The first kappa shape index (κ1) is 13.6. The standard InChI is InChI=1S/C16H23N3O/c20-16-4-2-10-19(16)13-15-3-1-9-18(12-15)11-14-5-7-17-8-6-14/h5-8,15H,1-4,9-13H2/t15-/m1/s1. The third kappa shape index (κ3) is 3.37. The number of piperidine rings is 1. The van der Waals surface area contributed by atoms with Crippen molar-refractivity contribution in [3.63, 3.8) is 0 Å². The van der Waals surface area contributed by atoms with E-state index in [-0.39, 0.29) is 0 Å². The van der Waals surface area contributed by atoms with Gasteiger partial charge in [-0.25, -0.2) is 0 Å². The van der Waals surface area contributed by atoms with Crippen molar-refractivity contribution in [3.8, 4) is 0 Å². The highest BCUT2D eigenvalue weighted by molar-refractivity contribution is 5.78. The van der Waals surface area contributed by atoms with Crippen LogP contribution in [-0.2, 0) is 11.3 Å². The number of rotatable bonds is 4. The quantitative estimate of drug-likeness (QED) is 0.841. The van der Waals surface area contributed by atoms with Crippen LogP contribution in [0.1, 0.15) is 31.2 Å². The van der Waals surface area contributed by atoms with Crippen molar-refractivity contribution in [1.82, 2.24) is 14.8 Å². The van der Waals surface area contributed by atoms with E-state index in [1.165, 1.54) is 24.9 Å². The minimum absolute atomic E-state index is 0.358. The minimum atomic E-state index is 0.358. The lowest BCUT2D eigenvalue weighted by Gasteiger charge is -2.34. The van der Waals surface area contributed by atoms with Crippen LogP contribution in [0.5, 0.6) is 0 Å². The summed E-state index contributed by atoms with van der Waals surface area (Å²) in [4.78, 5) is 20.4. The number of pyridine rings is 1. The lowest BCUT2D eigenvalue weighted by molar-refractivity contribution is -0.128. The molecule has 0 N–H and O–H groups in total. The maximum atomic E-state index is 11.7. The number of carbonyl (C=O) groups excluding carboxylic acids is 1. The summed E-state index contributed by atoms with van der Waals surface area (Å²) < 4.78 is 0. The Labute approximate surface area is 120 Å². The molecule has 2 aliphatic heterocycles. The van der Waals surface area contributed by atoms with Gasteiger partial charge < -0.3 is 4.90 Å². The monoisotopic (exact) mass is 273 g/mol. The van der Waals surface area contributed by atoms with Crippen LogP contribution in [0.25, 0.3) is 0 Å². The van der Waals surface area contributed by atoms with E-state index in [9.17, 15) is 4.79 Å². The predicted molar refractivity (Wildman–Crippen MR) is 78.1 cm³/mol. The zero-order valence-electron chi connectivity index (χ0n) is 12.0. The summed E-state index contributed by atoms with van der Waals surface area (Å²) in [6, 6.07) is 4.18. The Morgan fingerprint density at radius 1 is 1.20 bits per heavy atom. The molecule has 0 radical (unpaired) electrons. The zero-order valence-corrected chi connectivity index (χ0v) is 12.0. The van der Waals surface area contributed by atoms with Gasteiger partial charge in [0.1, 0.15) is 0 Å². The summed E-state index contributed by atoms with van der Waals surface area (Å²) in [6.45, 7) is 5.23. The van der Waals surface area contributed by atoms with Crippen molar-refractivity contribution >= 4 is 5.91 Å². The van der Waals surface area contributed by atoms with Crippen LogP contribution < -0.4 is 0 Å². The van der Waals surface area contributed by atoms with Crippen molar-refractivity contribution in [2.75, 3.05) is 26.2 Å². The fourth-order valence-corrected chi connectivity index (χ4v) is 3.40. The third-order valence-electron chi connectivity index (χ3n) is 4.41. The third-order valence-corrected chi connectivity index (χ3v) is 4.41. The lowest BCUT2D eigenvalue weighted by Crippen LogP contribution is -2.41. The van der Waals surface area contributed by atoms with Gasteiger partial charge in [0, 0.05) is 45.0 Å². The molecule has 2 aliphatic rings. The highest BCUT2D eigenvalue weighted by atomic mass is 16.2. The molecule has 1 aromatic rings. The summed E-state index contributed by atoms with van der Waals surface area (Å²) >= 11 is 0. The summed E-state index contributed by atoms with van der Waals surface area (Å²) in [7, 11) is 0. The van der Waals surface area contributed by atoms with Gasteiger partial charge in [-0.1, -0.05) is 0 Å². The highest BCUT2D eigenvalue weighted by Gasteiger charge is 2.26. The van der Waals surface area contributed by atoms with E-state index in [1.54, 1.807) is 0 Å². The van der Waals surface area contributed by atoms with Crippen LogP contribution in [0.4, 0.5) is 0 Å². The molecule has 0 aliphatic carbocycles. The molecule has 2 fully saturated rings. The van der Waals surface area contributed by atoms with Crippen molar-refractivity contribution in [1.29, 1.82) is 0 Å². The SMILES string of the molecule is O=C1CCCN1C[C@@H]1CCCN(Cc2ccncc2)C1. The van der Waals surface area contributed by atoms with Gasteiger partial charge in [-0.2, -0.15) is 0 Å².